The molecule has 9 heteroatoms. The lowest BCUT2D eigenvalue weighted by Gasteiger charge is -2.09. The lowest BCUT2D eigenvalue weighted by Crippen LogP contribution is -2.12. The third-order valence-corrected chi connectivity index (χ3v) is 4.64. The van der Waals surface area contributed by atoms with Crippen LogP contribution in [0.3, 0.4) is 0 Å². The van der Waals surface area contributed by atoms with E-state index in [-0.39, 0.29) is 10.9 Å². The number of carbonyl (C=O) groups excluding carboxylic acids is 1. The van der Waals surface area contributed by atoms with Gasteiger partial charge in [0.15, 0.2) is 5.82 Å². The number of nitrogens with one attached hydrogen (secondary N) is 1. The van der Waals surface area contributed by atoms with Gasteiger partial charge in [-0.05, 0) is 61.5 Å². The Morgan fingerprint density at radius 2 is 1.80 bits per heavy atom. The maximum Gasteiger partial charge on any atom is 0.257 e. The van der Waals surface area contributed by atoms with Gasteiger partial charge in [-0.15, -0.1) is 10.2 Å². The Labute approximate surface area is 182 Å². The summed E-state index contributed by atoms with van der Waals surface area (Å²) in [7, 11) is 0. The normalized spacial score (nSPS) is 10.6. The van der Waals surface area contributed by atoms with E-state index < -0.39 is 0 Å². The number of nitrogens with zero attached hydrogens (tertiary/aromatic N) is 4. The van der Waals surface area contributed by atoms with Crippen molar-refractivity contribution < 1.29 is 9.53 Å². The molecule has 2 aromatic carbocycles. The average molecular weight is 440 g/mol. The molecule has 0 saturated carbocycles. The molecule has 2 heterocycles. The monoisotopic (exact) mass is 439 g/mol. The summed E-state index contributed by atoms with van der Waals surface area (Å²) in [4.78, 5) is 12.4. The first-order chi connectivity index (χ1) is 14.5. The molecule has 4 rings (SSSR count). The van der Waals surface area contributed by atoms with E-state index in [2.05, 4.69) is 20.6 Å². The number of amides is 1. The Hall–Kier alpha value is -3.42. The van der Waals surface area contributed by atoms with E-state index in [0.29, 0.717) is 33.7 Å². The van der Waals surface area contributed by atoms with Gasteiger partial charge >= 0.3 is 0 Å². The number of anilines is 1. The molecule has 0 aliphatic heterocycles. The van der Waals surface area contributed by atoms with Gasteiger partial charge in [0.25, 0.3) is 5.91 Å². The second kappa shape index (κ2) is 8.52. The predicted octanol–water partition coefficient (Wildman–Crippen LogP) is 5.32. The fourth-order valence-electron chi connectivity index (χ4n) is 2.63. The van der Waals surface area contributed by atoms with Crippen molar-refractivity contribution in [3.05, 3.63) is 88.2 Å². The molecule has 0 spiro atoms. The van der Waals surface area contributed by atoms with Crippen LogP contribution in [0.5, 0.6) is 11.6 Å². The van der Waals surface area contributed by atoms with Crippen molar-refractivity contribution in [1.29, 1.82) is 0 Å². The summed E-state index contributed by atoms with van der Waals surface area (Å²) < 4.78 is 7.34. The standard InChI is InChI=1S/C21H15Cl2N5O2/c1-13-10-11-28(27-13)19-8-9-20(26-25-19)30-16-5-3-15(4-6-16)24-21(29)17-7-2-14(22)12-18(17)23/h2-12H,1H3,(H,24,29). The Bertz CT molecular complexity index is 1190. The van der Waals surface area contributed by atoms with Crippen molar-refractivity contribution in [2.45, 2.75) is 6.92 Å². The van der Waals surface area contributed by atoms with Crippen LogP contribution in [0.1, 0.15) is 16.1 Å². The highest BCUT2D eigenvalue weighted by atomic mass is 35.5. The number of benzene rings is 2. The van der Waals surface area contributed by atoms with Crippen molar-refractivity contribution in [1.82, 2.24) is 20.0 Å². The molecule has 150 valence electrons. The topological polar surface area (TPSA) is 81.9 Å². The lowest BCUT2D eigenvalue weighted by molar-refractivity contribution is 0.102. The molecule has 7 nitrogen and oxygen atoms in total. The van der Waals surface area contributed by atoms with Crippen LogP contribution in [0.25, 0.3) is 5.82 Å². The van der Waals surface area contributed by atoms with E-state index in [1.54, 1.807) is 53.2 Å². The minimum Gasteiger partial charge on any atom is -0.438 e. The molecule has 0 unspecified atom stereocenters. The minimum atomic E-state index is -0.333. The molecule has 4 aromatic rings. The number of hydrogen-bond donors (Lipinski definition) is 1. The van der Waals surface area contributed by atoms with Gasteiger partial charge in [-0.3, -0.25) is 4.79 Å². The largest absolute Gasteiger partial charge is 0.438 e. The quantitative estimate of drug-likeness (QED) is 0.454. The summed E-state index contributed by atoms with van der Waals surface area (Å²) in [6.07, 6.45) is 1.81. The van der Waals surface area contributed by atoms with Gasteiger partial charge in [0.1, 0.15) is 5.75 Å². The summed E-state index contributed by atoms with van der Waals surface area (Å²) in [5, 5.41) is 16.0. The van der Waals surface area contributed by atoms with Gasteiger partial charge in [-0.25, -0.2) is 4.68 Å². The molecule has 1 amide bonds. The Morgan fingerprint density at radius 1 is 1.00 bits per heavy atom. The zero-order valence-electron chi connectivity index (χ0n) is 15.7. The second-order valence-electron chi connectivity index (χ2n) is 6.34. The molecule has 1 N–H and O–H groups in total. The molecule has 0 aliphatic rings. The van der Waals surface area contributed by atoms with Crippen molar-refractivity contribution >= 4 is 34.8 Å². The van der Waals surface area contributed by atoms with Crippen LogP contribution >= 0.6 is 23.2 Å². The molecule has 30 heavy (non-hydrogen) atoms. The SMILES string of the molecule is Cc1ccn(-c2ccc(Oc3ccc(NC(=O)c4ccc(Cl)cc4Cl)cc3)nn2)n1. The number of aromatic nitrogens is 4. The van der Waals surface area contributed by atoms with Crippen molar-refractivity contribution in [2.75, 3.05) is 5.32 Å². The van der Waals surface area contributed by atoms with Gasteiger partial charge in [0.2, 0.25) is 5.88 Å². The Morgan fingerprint density at radius 3 is 2.43 bits per heavy atom. The molecule has 0 atom stereocenters. The molecule has 2 aromatic heterocycles. The van der Waals surface area contributed by atoms with Crippen LogP contribution < -0.4 is 10.1 Å². The van der Waals surface area contributed by atoms with Crippen molar-refractivity contribution in [3.8, 4) is 17.4 Å². The maximum absolute atomic E-state index is 12.4. The first kappa shape index (κ1) is 19.9. The van der Waals surface area contributed by atoms with Gasteiger partial charge in [0, 0.05) is 23.0 Å². The summed E-state index contributed by atoms with van der Waals surface area (Å²) in [6, 6.07) is 16.9. The molecular weight excluding hydrogens is 425 g/mol. The van der Waals surface area contributed by atoms with Crippen molar-refractivity contribution in [2.24, 2.45) is 0 Å². The maximum atomic E-state index is 12.4. The molecule has 0 aliphatic carbocycles. The number of aryl methyl sites for hydroxylation is 1. The average Bonchev–Trinajstić information content (AvgIpc) is 3.16. The number of rotatable bonds is 5. The minimum absolute atomic E-state index is 0.284. The molecule has 0 fully saturated rings. The van der Waals surface area contributed by atoms with Crippen molar-refractivity contribution in [3.63, 3.8) is 0 Å². The van der Waals surface area contributed by atoms with E-state index in [0.717, 1.165) is 5.69 Å². The number of ether oxygens (including phenoxy) is 1. The molecule has 0 saturated heterocycles. The van der Waals surface area contributed by atoms with Crippen LogP contribution in [-0.4, -0.2) is 25.9 Å². The van der Waals surface area contributed by atoms with Crippen LogP contribution in [-0.2, 0) is 0 Å². The highest BCUT2D eigenvalue weighted by molar-refractivity contribution is 6.37. The highest BCUT2D eigenvalue weighted by Gasteiger charge is 2.11. The third kappa shape index (κ3) is 4.59. The smallest absolute Gasteiger partial charge is 0.257 e. The van der Waals surface area contributed by atoms with Crippen LogP contribution in [0.2, 0.25) is 10.0 Å². The van der Waals surface area contributed by atoms with Crippen LogP contribution in [0, 0.1) is 6.92 Å². The van der Waals surface area contributed by atoms with Gasteiger partial charge in [0.05, 0.1) is 16.3 Å². The number of hydrogen-bond acceptors (Lipinski definition) is 5. The van der Waals surface area contributed by atoms with Crippen LogP contribution in [0.4, 0.5) is 5.69 Å². The predicted molar refractivity (Wildman–Crippen MR) is 115 cm³/mol. The summed E-state index contributed by atoms with van der Waals surface area (Å²) in [5.74, 6) is 1.15. The summed E-state index contributed by atoms with van der Waals surface area (Å²) in [5.41, 5.74) is 1.82. The fourth-order valence-corrected chi connectivity index (χ4v) is 3.13. The number of halogens is 2. The number of carbonyl (C=O) groups is 1. The first-order valence-electron chi connectivity index (χ1n) is 8.89. The zero-order valence-corrected chi connectivity index (χ0v) is 17.2. The third-order valence-electron chi connectivity index (χ3n) is 4.09. The summed E-state index contributed by atoms with van der Waals surface area (Å²) in [6.45, 7) is 1.90. The molecule has 0 bridgehead atoms. The van der Waals surface area contributed by atoms with Gasteiger partial charge in [-0.1, -0.05) is 23.2 Å². The van der Waals surface area contributed by atoms with E-state index in [1.165, 1.54) is 6.07 Å². The first-order valence-corrected chi connectivity index (χ1v) is 9.64. The van der Waals surface area contributed by atoms with E-state index >= 15 is 0 Å². The highest BCUT2D eigenvalue weighted by Crippen LogP contribution is 2.24. The van der Waals surface area contributed by atoms with E-state index in [9.17, 15) is 4.79 Å². The molecular formula is C21H15Cl2N5O2. The Balaban J connectivity index is 1.40. The lowest BCUT2D eigenvalue weighted by atomic mass is 10.2. The fraction of sp³-hybridized carbons (Fsp3) is 0.0476. The second-order valence-corrected chi connectivity index (χ2v) is 7.18. The zero-order chi connectivity index (χ0) is 21.1. The van der Waals surface area contributed by atoms with E-state index in [4.69, 9.17) is 27.9 Å². The summed E-state index contributed by atoms with van der Waals surface area (Å²) >= 11 is 11.9. The molecule has 0 radical (unpaired) electrons. The van der Waals surface area contributed by atoms with Crippen LogP contribution in [0.15, 0.2) is 66.9 Å². The van der Waals surface area contributed by atoms with E-state index in [1.807, 2.05) is 19.2 Å². The van der Waals surface area contributed by atoms with Gasteiger partial charge < -0.3 is 10.1 Å². The Kier molecular flexibility index (Phi) is 5.65. The van der Waals surface area contributed by atoms with Gasteiger partial charge in [-0.2, -0.15) is 5.10 Å².